The monoisotopic (exact) mass is 234 g/mol. The van der Waals surface area contributed by atoms with Crippen LogP contribution in [0.4, 0.5) is 8.78 Å². The van der Waals surface area contributed by atoms with Gasteiger partial charge in [-0.2, -0.15) is 0 Å². The van der Waals surface area contributed by atoms with Crippen molar-refractivity contribution in [3.63, 3.8) is 0 Å². The van der Waals surface area contributed by atoms with Crippen LogP contribution >= 0.6 is 0 Å². The lowest BCUT2D eigenvalue weighted by molar-refractivity contribution is 0.555. The molecular formula is C13H12F2N2. The molecule has 1 unspecified atom stereocenters. The highest BCUT2D eigenvalue weighted by Crippen LogP contribution is 2.23. The highest BCUT2D eigenvalue weighted by atomic mass is 19.1. The van der Waals surface area contributed by atoms with Crippen LogP contribution in [-0.2, 0) is 0 Å². The van der Waals surface area contributed by atoms with Crippen molar-refractivity contribution in [3.05, 3.63) is 71.3 Å². The molecule has 0 radical (unpaired) electrons. The van der Waals surface area contributed by atoms with E-state index < -0.39 is 6.04 Å². The zero-order valence-electron chi connectivity index (χ0n) is 9.03. The number of nitrogens with one attached hydrogen (secondary N) is 1. The van der Waals surface area contributed by atoms with Crippen LogP contribution in [0.1, 0.15) is 17.2 Å². The largest absolute Gasteiger partial charge is 0.271 e. The quantitative estimate of drug-likeness (QED) is 0.632. The van der Waals surface area contributed by atoms with Crippen molar-refractivity contribution in [1.29, 1.82) is 0 Å². The van der Waals surface area contributed by atoms with Gasteiger partial charge in [-0.25, -0.2) is 14.2 Å². The molecule has 3 N–H and O–H groups in total. The Morgan fingerprint density at radius 1 is 1.00 bits per heavy atom. The molecule has 0 fully saturated rings. The lowest BCUT2D eigenvalue weighted by atomic mass is 9.99. The summed E-state index contributed by atoms with van der Waals surface area (Å²) in [5, 5.41) is 0. The Bertz CT molecular complexity index is 514. The molecule has 2 aromatic carbocycles. The first-order valence-electron chi connectivity index (χ1n) is 5.18. The topological polar surface area (TPSA) is 38.0 Å². The molecule has 17 heavy (non-hydrogen) atoms. The highest BCUT2D eigenvalue weighted by Gasteiger charge is 2.16. The second-order valence-corrected chi connectivity index (χ2v) is 3.68. The van der Waals surface area contributed by atoms with E-state index in [-0.39, 0.29) is 11.6 Å². The molecular weight excluding hydrogens is 222 g/mol. The predicted molar refractivity (Wildman–Crippen MR) is 62.0 cm³/mol. The summed E-state index contributed by atoms with van der Waals surface area (Å²) < 4.78 is 26.7. The van der Waals surface area contributed by atoms with Crippen LogP contribution in [0.5, 0.6) is 0 Å². The molecule has 0 spiro atoms. The first-order valence-corrected chi connectivity index (χ1v) is 5.18. The molecule has 0 heterocycles. The van der Waals surface area contributed by atoms with Gasteiger partial charge in [0.05, 0.1) is 6.04 Å². The Morgan fingerprint density at radius 3 is 2.41 bits per heavy atom. The van der Waals surface area contributed by atoms with Crippen LogP contribution in [0.2, 0.25) is 0 Å². The van der Waals surface area contributed by atoms with Crippen LogP contribution in [0.15, 0.2) is 48.5 Å². The summed E-state index contributed by atoms with van der Waals surface area (Å²) in [5.41, 5.74) is 3.47. The van der Waals surface area contributed by atoms with Crippen LogP contribution in [0.3, 0.4) is 0 Å². The number of hydrazine groups is 1. The number of hydrogen-bond acceptors (Lipinski definition) is 2. The van der Waals surface area contributed by atoms with E-state index in [0.717, 1.165) is 0 Å². The minimum Gasteiger partial charge on any atom is -0.271 e. The summed E-state index contributed by atoms with van der Waals surface area (Å²) in [6.07, 6.45) is 0. The molecule has 1 atom stereocenters. The molecule has 2 rings (SSSR count). The smallest absolute Gasteiger partial charge is 0.128 e. The third-order valence-electron chi connectivity index (χ3n) is 2.56. The van der Waals surface area contributed by atoms with Gasteiger partial charge in [-0.1, -0.05) is 30.3 Å². The molecule has 0 aromatic heterocycles. The number of nitrogens with two attached hydrogens (primary N) is 1. The van der Waals surface area contributed by atoms with Gasteiger partial charge in [-0.3, -0.25) is 5.84 Å². The lowest BCUT2D eigenvalue weighted by Crippen LogP contribution is -2.29. The van der Waals surface area contributed by atoms with Crippen molar-refractivity contribution in [2.75, 3.05) is 0 Å². The number of rotatable bonds is 3. The standard InChI is InChI=1S/C13H12F2N2/c14-10-5-3-4-9(8-10)13(17-16)11-6-1-2-7-12(11)15/h1-8,13,17H,16H2. The van der Waals surface area contributed by atoms with E-state index >= 15 is 0 Å². The van der Waals surface area contributed by atoms with Crippen LogP contribution in [0, 0.1) is 11.6 Å². The van der Waals surface area contributed by atoms with Crippen molar-refractivity contribution >= 4 is 0 Å². The van der Waals surface area contributed by atoms with E-state index in [0.29, 0.717) is 11.1 Å². The summed E-state index contributed by atoms with van der Waals surface area (Å²) in [6.45, 7) is 0. The molecule has 4 heteroatoms. The van der Waals surface area contributed by atoms with Crippen LogP contribution in [0.25, 0.3) is 0 Å². The van der Waals surface area contributed by atoms with Crippen LogP contribution < -0.4 is 11.3 Å². The van der Waals surface area contributed by atoms with E-state index in [9.17, 15) is 8.78 Å². The molecule has 0 amide bonds. The van der Waals surface area contributed by atoms with Crippen molar-refractivity contribution in [1.82, 2.24) is 5.43 Å². The van der Waals surface area contributed by atoms with Gasteiger partial charge in [0.25, 0.3) is 0 Å². The first-order chi connectivity index (χ1) is 8.22. The normalized spacial score (nSPS) is 12.4. The maximum atomic E-state index is 13.6. The van der Waals surface area contributed by atoms with Gasteiger partial charge >= 0.3 is 0 Å². The number of benzene rings is 2. The summed E-state index contributed by atoms with van der Waals surface area (Å²) in [4.78, 5) is 0. The average molecular weight is 234 g/mol. The maximum Gasteiger partial charge on any atom is 0.128 e. The minimum absolute atomic E-state index is 0.375. The third-order valence-corrected chi connectivity index (χ3v) is 2.56. The lowest BCUT2D eigenvalue weighted by Gasteiger charge is -2.17. The van der Waals surface area contributed by atoms with E-state index in [1.54, 1.807) is 30.3 Å². The molecule has 88 valence electrons. The predicted octanol–water partition coefficient (Wildman–Crippen LogP) is 2.52. The fourth-order valence-corrected chi connectivity index (χ4v) is 1.76. The van der Waals surface area contributed by atoms with E-state index in [2.05, 4.69) is 5.43 Å². The summed E-state index contributed by atoms with van der Waals surface area (Å²) in [7, 11) is 0. The molecule has 0 aliphatic heterocycles. The number of hydrogen-bond donors (Lipinski definition) is 2. The zero-order chi connectivity index (χ0) is 12.3. The van der Waals surface area contributed by atoms with E-state index in [4.69, 9.17) is 5.84 Å². The summed E-state index contributed by atoms with van der Waals surface area (Å²) >= 11 is 0. The maximum absolute atomic E-state index is 13.6. The Morgan fingerprint density at radius 2 is 1.76 bits per heavy atom. The highest BCUT2D eigenvalue weighted by molar-refractivity contribution is 5.32. The Kier molecular flexibility index (Phi) is 3.46. The molecule has 0 bridgehead atoms. The van der Waals surface area contributed by atoms with Gasteiger partial charge in [0.15, 0.2) is 0 Å². The van der Waals surface area contributed by atoms with Gasteiger partial charge in [0.1, 0.15) is 11.6 Å². The third kappa shape index (κ3) is 2.49. The Hall–Kier alpha value is -1.78. The Labute approximate surface area is 98.0 Å². The Balaban J connectivity index is 2.44. The van der Waals surface area contributed by atoms with Gasteiger partial charge in [-0.15, -0.1) is 0 Å². The molecule has 0 aliphatic rings. The second kappa shape index (κ2) is 5.03. The second-order valence-electron chi connectivity index (χ2n) is 3.68. The van der Waals surface area contributed by atoms with Crippen LogP contribution in [-0.4, -0.2) is 0 Å². The van der Waals surface area contributed by atoms with Gasteiger partial charge in [0.2, 0.25) is 0 Å². The summed E-state index contributed by atoms with van der Waals surface area (Å²) in [5.74, 6) is 4.67. The average Bonchev–Trinajstić information content (AvgIpc) is 2.33. The van der Waals surface area contributed by atoms with Gasteiger partial charge < -0.3 is 0 Å². The zero-order valence-corrected chi connectivity index (χ0v) is 9.03. The van der Waals surface area contributed by atoms with Crippen molar-refractivity contribution in [3.8, 4) is 0 Å². The van der Waals surface area contributed by atoms with E-state index in [1.807, 2.05) is 0 Å². The molecule has 0 aliphatic carbocycles. The van der Waals surface area contributed by atoms with Gasteiger partial charge in [0, 0.05) is 5.56 Å². The fraction of sp³-hybridized carbons (Fsp3) is 0.0769. The fourth-order valence-electron chi connectivity index (χ4n) is 1.76. The molecule has 2 nitrogen and oxygen atoms in total. The number of halogens is 2. The summed E-state index contributed by atoms with van der Waals surface area (Å²) in [6, 6.07) is 11.6. The first kappa shape index (κ1) is 11.7. The van der Waals surface area contributed by atoms with E-state index in [1.165, 1.54) is 18.2 Å². The van der Waals surface area contributed by atoms with Crippen molar-refractivity contribution < 1.29 is 8.78 Å². The van der Waals surface area contributed by atoms with Crippen molar-refractivity contribution in [2.24, 2.45) is 5.84 Å². The van der Waals surface area contributed by atoms with Gasteiger partial charge in [-0.05, 0) is 23.8 Å². The van der Waals surface area contributed by atoms with Crippen molar-refractivity contribution in [2.45, 2.75) is 6.04 Å². The molecule has 0 saturated carbocycles. The molecule has 0 saturated heterocycles. The minimum atomic E-state index is -0.563. The SMILES string of the molecule is NNC(c1cccc(F)c1)c1ccccc1F. The molecule has 2 aromatic rings.